The first-order chi connectivity index (χ1) is 7.59. The molecule has 2 rings (SSSR count). The van der Waals surface area contributed by atoms with E-state index in [1.165, 1.54) is 6.33 Å². The predicted molar refractivity (Wildman–Crippen MR) is 60.9 cm³/mol. The number of hydrogen-bond donors (Lipinski definition) is 1. The second-order valence-corrected chi connectivity index (χ2v) is 4.95. The normalized spacial score (nSPS) is 21.5. The lowest BCUT2D eigenvalue weighted by atomic mass is 9.91. The molecule has 1 aromatic rings. The molecule has 16 heavy (non-hydrogen) atoms. The maximum Gasteiger partial charge on any atom is 0.137 e. The molecule has 2 heterocycles. The molecule has 0 radical (unpaired) electrons. The predicted octanol–water partition coefficient (Wildman–Crippen LogP) is 0.513. The van der Waals surface area contributed by atoms with E-state index >= 15 is 0 Å². The Morgan fingerprint density at radius 2 is 2.06 bits per heavy atom. The van der Waals surface area contributed by atoms with Crippen LogP contribution in [0.25, 0.3) is 0 Å². The van der Waals surface area contributed by atoms with Crippen LogP contribution in [0.15, 0.2) is 12.7 Å². The largest absolute Gasteiger partial charge is 0.388 e. The molecule has 1 aliphatic rings. The maximum atomic E-state index is 10.4. The number of rotatable bonds is 3. The lowest BCUT2D eigenvalue weighted by Gasteiger charge is -2.39. The molecule has 0 spiro atoms. The molecule has 1 saturated heterocycles. The molecule has 1 aromatic heterocycles. The standard InChI is InChI=1S/C11H20N4O/c1-10(2)14-5-3-11(16,4-6-14)7-15-9-12-8-13-15/h8-10,16H,3-7H2,1-2H3. The van der Waals surface area contributed by atoms with Crippen LogP contribution in [-0.2, 0) is 6.54 Å². The van der Waals surface area contributed by atoms with Crippen LogP contribution in [0.3, 0.4) is 0 Å². The molecular formula is C11H20N4O. The number of nitrogens with zero attached hydrogens (tertiary/aromatic N) is 4. The van der Waals surface area contributed by atoms with Gasteiger partial charge in [-0.25, -0.2) is 4.98 Å². The summed E-state index contributed by atoms with van der Waals surface area (Å²) in [4.78, 5) is 6.29. The Morgan fingerprint density at radius 1 is 1.38 bits per heavy atom. The van der Waals surface area contributed by atoms with Crippen molar-refractivity contribution in [3.63, 3.8) is 0 Å². The van der Waals surface area contributed by atoms with Gasteiger partial charge in [0.2, 0.25) is 0 Å². The fourth-order valence-corrected chi connectivity index (χ4v) is 2.23. The van der Waals surface area contributed by atoms with Crippen LogP contribution in [0, 0.1) is 0 Å². The zero-order chi connectivity index (χ0) is 11.6. The topological polar surface area (TPSA) is 54.2 Å². The van der Waals surface area contributed by atoms with Crippen molar-refractivity contribution in [1.29, 1.82) is 0 Å². The minimum Gasteiger partial charge on any atom is -0.388 e. The van der Waals surface area contributed by atoms with Crippen molar-refractivity contribution in [3.05, 3.63) is 12.7 Å². The first-order valence-electron chi connectivity index (χ1n) is 5.88. The van der Waals surface area contributed by atoms with E-state index in [4.69, 9.17) is 0 Å². The van der Waals surface area contributed by atoms with Crippen LogP contribution in [0.4, 0.5) is 0 Å². The monoisotopic (exact) mass is 224 g/mol. The first-order valence-corrected chi connectivity index (χ1v) is 5.88. The molecule has 0 atom stereocenters. The second kappa shape index (κ2) is 4.51. The molecule has 0 saturated carbocycles. The number of aliphatic hydroxyl groups is 1. The zero-order valence-corrected chi connectivity index (χ0v) is 10.0. The summed E-state index contributed by atoms with van der Waals surface area (Å²) in [6.45, 7) is 6.87. The van der Waals surface area contributed by atoms with E-state index in [1.54, 1.807) is 11.0 Å². The summed E-state index contributed by atoms with van der Waals surface area (Å²) in [5, 5.41) is 14.5. The summed E-state index contributed by atoms with van der Waals surface area (Å²) < 4.78 is 1.71. The molecule has 0 aliphatic carbocycles. The molecule has 0 bridgehead atoms. The van der Waals surface area contributed by atoms with Crippen molar-refractivity contribution >= 4 is 0 Å². The van der Waals surface area contributed by atoms with Gasteiger partial charge in [0, 0.05) is 19.1 Å². The molecule has 0 aromatic carbocycles. The summed E-state index contributed by atoms with van der Waals surface area (Å²) in [7, 11) is 0. The quantitative estimate of drug-likeness (QED) is 0.813. The molecule has 0 unspecified atom stereocenters. The summed E-state index contributed by atoms with van der Waals surface area (Å²) in [6, 6.07) is 0.566. The average Bonchev–Trinajstić information content (AvgIpc) is 2.70. The molecule has 0 amide bonds. The van der Waals surface area contributed by atoms with Crippen molar-refractivity contribution in [2.24, 2.45) is 0 Å². The average molecular weight is 224 g/mol. The van der Waals surface area contributed by atoms with E-state index in [2.05, 4.69) is 28.8 Å². The van der Waals surface area contributed by atoms with E-state index in [9.17, 15) is 5.11 Å². The Hall–Kier alpha value is -0.940. The number of hydrogen-bond acceptors (Lipinski definition) is 4. The highest BCUT2D eigenvalue weighted by atomic mass is 16.3. The highest BCUT2D eigenvalue weighted by Crippen LogP contribution is 2.24. The third kappa shape index (κ3) is 2.59. The molecule has 1 N–H and O–H groups in total. The third-order valence-corrected chi connectivity index (χ3v) is 3.38. The van der Waals surface area contributed by atoms with Crippen molar-refractivity contribution in [2.45, 2.75) is 44.9 Å². The van der Waals surface area contributed by atoms with Gasteiger partial charge in [-0.1, -0.05) is 0 Å². The highest BCUT2D eigenvalue weighted by Gasteiger charge is 2.33. The summed E-state index contributed by atoms with van der Waals surface area (Å²) >= 11 is 0. The Balaban J connectivity index is 1.91. The fourth-order valence-electron chi connectivity index (χ4n) is 2.23. The van der Waals surface area contributed by atoms with Crippen molar-refractivity contribution in [1.82, 2.24) is 19.7 Å². The maximum absolute atomic E-state index is 10.4. The van der Waals surface area contributed by atoms with E-state index in [0.717, 1.165) is 25.9 Å². The number of piperidine rings is 1. The second-order valence-electron chi connectivity index (χ2n) is 4.95. The molecule has 5 heteroatoms. The lowest BCUT2D eigenvalue weighted by molar-refractivity contribution is -0.0421. The minimum absolute atomic E-state index is 0.554. The van der Waals surface area contributed by atoms with E-state index < -0.39 is 5.60 Å². The smallest absolute Gasteiger partial charge is 0.137 e. The Morgan fingerprint density at radius 3 is 2.56 bits per heavy atom. The van der Waals surface area contributed by atoms with Gasteiger partial charge in [0.25, 0.3) is 0 Å². The third-order valence-electron chi connectivity index (χ3n) is 3.38. The Kier molecular flexibility index (Phi) is 3.25. The molecule has 5 nitrogen and oxygen atoms in total. The van der Waals surface area contributed by atoms with Crippen LogP contribution in [-0.4, -0.2) is 49.5 Å². The van der Waals surface area contributed by atoms with Gasteiger partial charge >= 0.3 is 0 Å². The van der Waals surface area contributed by atoms with Crippen LogP contribution in [0.2, 0.25) is 0 Å². The van der Waals surface area contributed by atoms with E-state index in [0.29, 0.717) is 12.6 Å². The number of aromatic nitrogens is 3. The van der Waals surface area contributed by atoms with Gasteiger partial charge in [0.15, 0.2) is 0 Å². The zero-order valence-electron chi connectivity index (χ0n) is 10.0. The first kappa shape index (κ1) is 11.5. The van der Waals surface area contributed by atoms with Gasteiger partial charge in [0.1, 0.15) is 12.7 Å². The van der Waals surface area contributed by atoms with Crippen molar-refractivity contribution in [2.75, 3.05) is 13.1 Å². The Bertz CT molecular complexity index is 315. The fraction of sp³-hybridized carbons (Fsp3) is 0.818. The summed E-state index contributed by atoms with van der Waals surface area (Å²) in [5.41, 5.74) is -0.612. The summed E-state index contributed by atoms with van der Waals surface area (Å²) in [6.07, 6.45) is 4.79. The van der Waals surface area contributed by atoms with Gasteiger partial charge in [0.05, 0.1) is 12.1 Å². The molecule has 1 aliphatic heterocycles. The van der Waals surface area contributed by atoms with E-state index in [1.807, 2.05) is 0 Å². The van der Waals surface area contributed by atoms with Crippen molar-refractivity contribution < 1.29 is 5.11 Å². The van der Waals surface area contributed by atoms with Crippen molar-refractivity contribution in [3.8, 4) is 0 Å². The lowest BCUT2D eigenvalue weighted by Crippen LogP contribution is -2.48. The van der Waals surface area contributed by atoms with Crippen LogP contribution < -0.4 is 0 Å². The van der Waals surface area contributed by atoms with Gasteiger partial charge in [-0.05, 0) is 26.7 Å². The SMILES string of the molecule is CC(C)N1CCC(O)(Cn2cncn2)CC1. The Labute approximate surface area is 96.1 Å². The van der Waals surface area contributed by atoms with Gasteiger partial charge in [-0.15, -0.1) is 0 Å². The number of likely N-dealkylation sites (tertiary alicyclic amines) is 1. The molecule has 1 fully saturated rings. The van der Waals surface area contributed by atoms with Gasteiger partial charge in [-0.3, -0.25) is 4.68 Å². The van der Waals surface area contributed by atoms with Crippen LogP contribution in [0.5, 0.6) is 0 Å². The van der Waals surface area contributed by atoms with Gasteiger partial charge < -0.3 is 10.0 Å². The van der Waals surface area contributed by atoms with E-state index in [-0.39, 0.29) is 0 Å². The minimum atomic E-state index is -0.612. The molecule has 90 valence electrons. The van der Waals surface area contributed by atoms with Crippen LogP contribution in [0.1, 0.15) is 26.7 Å². The highest BCUT2D eigenvalue weighted by molar-refractivity contribution is 4.86. The summed E-state index contributed by atoms with van der Waals surface area (Å²) in [5.74, 6) is 0. The van der Waals surface area contributed by atoms with Crippen LogP contribution >= 0.6 is 0 Å². The van der Waals surface area contributed by atoms with Gasteiger partial charge in [-0.2, -0.15) is 5.10 Å². The molecular weight excluding hydrogens is 204 g/mol.